The first-order valence-electron chi connectivity index (χ1n) is 3.53. The quantitative estimate of drug-likeness (QED) is 0.223. The summed E-state index contributed by atoms with van der Waals surface area (Å²) in [6, 6.07) is 0. The van der Waals surface area contributed by atoms with Crippen LogP contribution in [0, 0.1) is 5.41 Å². The lowest BCUT2D eigenvalue weighted by atomic mass is 10.4. The van der Waals surface area contributed by atoms with Crippen molar-refractivity contribution < 1.29 is 4.84 Å². The molecule has 0 radical (unpaired) electrons. The molecule has 0 aromatic carbocycles. The lowest BCUT2D eigenvalue weighted by molar-refractivity contribution is 0.270. The van der Waals surface area contributed by atoms with E-state index < -0.39 is 0 Å². The average Bonchev–Trinajstić information content (AvgIpc) is 2.12. The van der Waals surface area contributed by atoms with Gasteiger partial charge in [-0.3, -0.25) is 5.41 Å². The van der Waals surface area contributed by atoms with E-state index in [1.165, 1.54) is 24.6 Å². The lowest BCUT2D eigenvalue weighted by Crippen LogP contribution is -1.96. The van der Waals surface area contributed by atoms with Gasteiger partial charge < -0.3 is 10.6 Å². The number of amidine groups is 1. The molecule has 13 heavy (non-hydrogen) atoms. The van der Waals surface area contributed by atoms with Gasteiger partial charge in [-0.05, 0) is 19.7 Å². The Bertz CT molecular complexity index is 265. The number of nitrogens with one attached hydrogen (secondary N) is 1. The van der Waals surface area contributed by atoms with Crippen LogP contribution in [0.2, 0.25) is 0 Å². The maximum atomic E-state index is 7.09. The summed E-state index contributed by atoms with van der Waals surface area (Å²) in [7, 11) is 0. The molecule has 0 aliphatic carbocycles. The molecule has 0 bridgehead atoms. The molecular formula is C8H12N4O. The summed E-state index contributed by atoms with van der Waals surface area (Å²) in [5, 5.41) is 10.6. The molecule has 5 heteroatoms. The van der Waals surface area contributed by atoms with Gasteiger partial charge in [-0.15, -0.1) is 0 Å². The number of nitrogens with zero attached hydrogens (tertiary/aromatic N) is 2. The molecule has 0 unspecified atom stereocenters. The maximum Gasteiger partial charge on any atom is 0.145 e. The highest BCUT2D eigenvalue weighted by atomic mass is 16.6. The van der Waals surface area contributed by atoms with Crippen LogP contribution in [-0.2, 0) is 4.84 Å². The van der Waals surface area contributed by atoms with E-state index in [0.29, 0.717) is 5.70 Å². The second-order valence-electron chi connectivity index (χ2n) is 1.96. The van der Waals surface area contributed by atoms with Gasteiger partial charge in [-0.1, -0.05) is 5.16 Å². The first-order chi connectivity index (χ1) is 6.20. The molecule has 0 aliphatic heterocycles. The normalized spacial score (nSPS) is 12.2. The number of hydrogen-bond acceptors (Lipinski definition) is 4. The van der Waals surface area contributed by atoms with Crippen molar-refractivity contribution in [2.75, 3.05) is 0 Å². The summed E-state index contributed by atoms with van der Waals surface area (Å²) < 4.78 is 0. The fourth-order valence-corrected chi connectivity index (χ4v) is 0.457. The second-order valence-corrected chi connectivity index (χ2v) is 1.96. The Morgan fingerprint density at radius 2 is 2.31 bits per heavy atom. The van der Waals surface area contributed by atoms with Crippen LogP contribution < -0.4 is 5.73 Å². The summed E-state index contributed by atoms with van der Waals surface area (Å²) in [5.74, 6) is 0.00106. The van der Waals surface area contributed by atoms with Gasteiger partial charge in [0.2, 0.25) is 0 Å². The van der Waals surface area contributed by atoms with E-state index in [-0.39, 0.29) is 5.84 Å². The van der Waals surface area contributed by atoms with Crippen molar-refractivity contribution in [2.45, 2.75) is 6.92 Å². The van der Waals surface area contributed by atoms with Crippen molar-refractivity contribution in [3.05, 3.63) is 24.1 Å². The number of aliphatic imine (C=N–C) groups is 1. The van der Waals surface area contributed by atoms with Gasteiger partial charge in [0, 0.05) is 18.0 Å². The second kappa shape index (κ2) is 6.78. The topological polar surface area (TPSA) is 83.8 Å². The van der Waals surface area contributed by atoms with Crippen molar-refractivity contribution in [2.24, 2.45) is 15.9 Å². The Hall–Kier alpha value is -1.91. The standard InChI is InChI=1S/C8H12N4O/c1-3-12-13-5-4-7(9)6-8(10)11-2/h3-6,10H,2,9H2,1H3/b5-4+,7-6?,10-8?,12-3+. The van der Waals surface area contributed by atoms with E-state index in [2.05, 4.69) is 21.7 Å². The van der Waals surface area contributed by atoms with E-state index in [9.17, 15) is 0 Å². The van der Waals surface area contributed by atoms with Crippen LogP contribution >= 0.6 is 0 Å². The molecule has 0 atom stereocenters. The summed E-state index contributed by atoms with van der Waals surface area (Å²) in [5.41, 5.74) is 5.80. The third kappa shape index (κ3) is 6.49. The molecule has 0 aliphatic rings. The van der Waals surface area contributed by atoms with Gasteiger partial charge in [0.05, 0.1) is 0 Å². The highest BCUT2D eigenvalue weighted by Crippen LogP contribution is 1.90. The Balaban J connectivity index is 4.05. The van der Waals surface area contributed by atoms with Crippen molar-refractivity contribution in [3.63, 3.8) is 0 Å². The number of nitrogens with two attached hydrogens (primary N) is 1. The molecular weight excluding hydrogens is 168 g/mol. The smallest absolute Gasteiger partial charge is 0.145 e. The van der Waals surface area contributed by atoms with Crippen molar-refractivity contribution in [3.8, 4) is 0 Å². The summed E-state index contributed by atoms with van der Waals surface area (Å²) in [6.07, 6.45) is 5.62. The van der Waals surface area contributed by atoms with E-state index in [1.54, 1.807) is 6.92 Å². The zero-order valence-electron chi connectivity index (χ0n) is 7.40. The molecule has 0 spiro atoms. The molecule has 70 valence electrons. The van der Waals surface area contributed by atoms with Gasteiger partial charge in [0.25, 0.3) is 0 Å². The van der Waals surface area contributed by atoms with Crippen LogP contribution in [0.15, 0.2) is 34.3 Å². The van der Waals surface area contributed by atoms with Crippen LogP contribution in [0.25, 0.3) is 0 Å². The molecule has 0 saturated heterocycles. The van der Waals surface area contributed by atoms with Crippen LogP contribution in [0.5, 0.6) is 0 Å². The van der Waals surface area contributed by atoms with Crippen LogP contribution in [0.4, 0.5) is 0 Å². The van der Waals surface area contributed by atoms with E-state index in [1.807, 2.05) is 0 Å². The molecule has 0 fully saturated rings. The van der Waals surface area contributed by atoms with Crippen LogP contribution in [-0.4, -0.2) is 18.8 Å². The van der Waals surface area contributed by atoms with E-state index >= 15 is 0 Å². The monoisotopic (exact) mass is 180 g/mol. The van der Waals surface area contributed by atoms with E-state index in [4.69, 9.17) is 11.1 Å². The number of hydrogen-bond donors (Lipinski definition) is 2. The van der Waals surface area contributed by atoms with Crippen molar-refractivity contribution in [1.29, 1.82) is 5.41 Å². The molecule has 0 aromatic heterocycles. The third-order valence-corrected chi connectivity index (χ3v) is 0.961. The molecule has 3 N–H and O–H groups in total. The number of allylic oxidation sites excluding steroid dienone is 1. The molecule has 5 nitrogen and oxygen atoms in total. The van der Waals surface area contributed by atoms with E-state index in [0.717, 1.165) is 0 Å². The molecule has 0 heterocycles. The van der Waals surface area contributed by atoms with Gasteiger partial charge in [-0.25, -0.2) is 4.99 Å². The first-order valence-corrected chi connectivity index (χ1v) is 3.53. The predicted octanol–water partition coefficient (Wildman–Crippen LogP) is 1.04. The Labute approximate surface area is 76.8 Å². The number of rotatable bonds is 4. The lowest BCUT2D eigenvalue weighted by Gasteiger charge is -1.91. The van der Waals surface area contributed by atoms with Crippen LogP contribution in [0.3, 0.4) is 0 Å². The maximum absolute atomic E-state index is 7.09. The first kappa shape index (κ1) is 11.1. The molecule has 0 saturated carbocycles. The summed E-state index contributed by atoms with van der Waals surface area (Å²) >= 11 is 0. The largest absolute Gasteiger partial charge is 0.399 e. The Morgan fingerprint density at radius 1 is 1.62 bits per heavy atom. The van der Waals surface area contributed by atoms with Crippen molar-refractivity contribution in [1.82, 2.24) is 0 Å². The van der Waals surface area contributed by atoms with Crippen LogP contribution in [0.1, 0.15) is 6.92 Å². The predicted molar refractivity (Wildman–Crippen MR) is 53.9 cm³/mol. The zero-order valence-corrected chi connectivity index (χ0v) is 7.40. The third-order valence-electron chi connectivity index (χ3n) is 0.961. The van der Waals surface area contributed by atoms with Gasteiger partial charge in [0.1, 0.15) is 12.1 Å². The highest BCUT2D eigenvalue weighted by Gasteiger charge is 1.86. The zero-order chi connectivity index (χ0) is 10.1. The summed E-state index contributed by atoms with van der Waals surface area (Å²) in [6.45, 7) is 4.90. The fraction of sp³-hybridized carbons (Fsp3) is 0.125. The minimum atomic E-state index is 0.00106. The van der Waals surface area contributed by atoms with Gasteiger partial charge >= 0.3 is 0 Å². The highest BCUT2D eigenvalue weighted by molar-refractivity contribution is 5.94. The Kier molecular flexibility index (Phi) is 5.78. The number of oxime groups is 1. The molecule has 0 amide bonds. The SMILES string of the molecule is C=NC(=N)C=C(N)/C=C/O/N=C/C. The van der Waals surface area contributed by atoms with Gasteiger partial charge in [-0.2, -0.15) is 0 Å². The fourth-order valence-electron chi connectivity index (χ4n) is 0.457. The average molecular weight is 180 g/mol. The minimum absolute atomic E-state index is 0.00106. The minimum Gasteiger partial charge on any atom is -0.399 e. The van der Waals surface area contributed by atoms with Crippen molar-refractivity contribution >= 4 is 18.8 Å². The molecule has 0 rings (SSSR count). The summed E-state index contributed by atoms with van der Waals surface area (Å²) in [4.78, 5) is 7.97. The molecule has 0 aromatic rings. The Morgan fingerprint density at radius 3 is 2.85 bits per heavy atom. The van der Waals surface area contributed by atoms with Gasteiger partial charge in [0.15, 0.2) is 0 Å².